The van der Waals surface area contributed by atoms with Crippen LogP contribution in [0, 0.1) is 0 Å². The predicted molar refractivity (Wildman–Crippen MR) is 94.3 cm³/mol. The fourth-order valence-corrected chi connectivity index (χ4v) is 4.41. The lowest BCUT2D eigenvalue weighted by Gasteiger charge is -2.38. The molecule has 3 N–H and O–H groups in total. The van der Waals surface area contributed by atoms with E-state index in [1.165, 1.54) is 0 Å². The summed E-state index contributed by atoms with van der Waals surface area (Å²) in [6.45, 7) is 3.31. The standard InChI is InChI=1S/C16H28N4O3S/c1-2-15(22)20-11-24-10-13(20)16(23)19-8-4-3-5-12(19)9-18-14(21)6-7-17/h12-13H,2-11,17H2,1H3,(H,18,21). The summed E-state index contributed by atoms with van der Waals surface area (Å²) < 4.78 is 0. The minimum atomic E-state index is -0.359. The zero-order valence-electron chi connectivity index (χ0n) is 14.3. The van der Waals surface area contributed by atoms with Crippen LogP contribution in [0.5, 0.6) is 0 Å². The summed E-state index contributed by atoms with van der Waals surface area (Å²) in [6, 6.07) is -0.347. The highest BCUT2D eigenvalue weighted by molar-refractivity contribution is 7.99. The molecule has 2 atom stereocenters. The molecular formula is C16H28N4O3S. The van der Waals surface area contributed by atoms with E-state index in [4.69, 9.17) is 5.73 Å². The van der Waals surface area contributed by atoms with Gasteiger partial charge in [0.15, 0.2) is 0 Å². The van der Waals surface area contributed by atoms with Crippen LogP contribution in [0.4, 0.5) is 0 Å². The van der Waals surface area contributed by atoms with Gasteiger partial charge in [0.1, 0.15) is 6.04 Å². The third-order valence-electron chi connectivity index (χ3n) is 4.61. The summed E-state index contributed by atoms with van der Waals surface area (Å²) in [4.78, 5) is 40.3. The number of nitrogens with one attached hydrogen (secondary N) is 1. The largest absolute Gasteiger partial charge is 0.354 e. The Morgan fingerprint density at radius 1 is 1.25 bits per heavy atom. The van der Waals surface area contributed by atoms with Gasteiger partial charge in [0.25, 0.3) is 0 Å². The van der Waals surface area contributed by atoms with E-state index >= 15 is 0 Å². The van der Waals surface area contributed by atoms with Crippen LogP contribution in [0.15, 0.2) is 0 Å². The highest BCUT2D eigenvalue weighted by atomic mass is 32.2. The van der Waals surface area contributed by atoms with E-state index in [2.05, 4.69) is 5.32 Å². The van der Waals surface area contributed by atoms with Gasteiger partial charge in [-0.2, -0.15) is 0 Å². The van der Waals surface area contributed by atoms with Gasteiger partial charge in [-0.3, -0.25) is 14.4 Å². The van der Waals surface area contributed by atoms with Gasteiger partial charge in [-0.25, -0.2) is 0 Å². The van der Waals surface area contributed by atoms with Crippen LogP contribution < -0.4 is 11.1 Å². The molecule has 0 saturated carbocycles. The van der Waals surface area contributed by atoms with Crippen molar-refractivity contribution in [3.63, 3.8) is 0 Å². The molecule has 0 aliphatic carbocycles. The van der Waals surface area contributed by atoms with E-state index in [1.807, 2.05) is 11.8 Å². The average Bonchev–Trinajstić information content (AvgIpc) is 3.09. The first-order valence-electron chi connectivity index (χ1n) is 8.73. The monoisotopic (exact) mass is 356 g/mol. The van der Waals surface area contributed by atoms with E-state index in [0.29, 0.717) is 44.1 Å². The van der Waals surface area contributed by atoms with Crippen molar-refractivity contribution in [1.29, 1.82) is 0 Å². The van der Waals surface area contributed by atoms with Crippen LogP contribution in [-0.4, -0.2) is 70.9 Å². The van der Waals surface area contributed by atoms with Crippen molar-refractivity contribution >= 4 is 29.5 Å². The molecule has 0 radical (unpaired) electrons. The van der Waals surface area contributed by atoms with Crippen LogP contribution in [0.3, 0.4) is 0 Å². The summed E-state index contributed by atoms with van der Waals surface area (Å²) in [5, 5.41) is 2.88. The van der Waals surface area contributed by atoms with Gasteiger partial charge in [-0.1, -0.05) is 6.92 Å². The fraction of sp³-hybridized carbons (Fsp3) is 0.812. The summed E-state index contributed by atoms with van der Waals surface area (Å²) in [6.07, 6.45) is 3.64. The molecule has 2 rings (SSSR count). The number of carbonyl (C=O) groups is 3. The SMILES string of the molecule is CCC(=O)N1CSCC1C(=O)N1CCCCC1CNC(=O)CCN. The number of hydrogen-bond acceptors (Lipinski definition) is 5. The number of nitrogens with two attached hydrogens (primary N) is 1. The molecule has 0 aromatic heterocycles. The highest BCUT2D eigenvalue weighted by Gasteiger charge is 2.39. The molecule has 7 nitrogen and oxygen atoms in total. The maximum absolute atomic E-state index is 13.0. The number of amides is 3. The van der Waals surface area contributed by atoms with E-state index in [1.54, 1.807) is 16.7 Å². The number of carbonyl (C=O) groups excluding carboxylic acids is 3. The summed E-state index contributed by atoms with van der Waals surface area (Å²) in [7, 11) is 0. The van der Waals surface area contributed by atoms with Crippen LogP contribution in [-0.2, 0) is 14.4 Å². The van der Waals surface area contributed by atoms with Crippen LogP contribution in [0.2, 0.25) is 0 Å². The van der Waals surface area contributed by atoms with E-state index in [9.17, 15) is 14.4 Å². The molecule has 136 valence electrons. The van der Waals surface area contributed by atoms with Gasteiger partial charge < -0.3 is 20.9 Å². The summed E-state index contributed by atoms with van der Waals surface area (Å²) in [5.74, 6) is 1.24. The Hall–Kier alpha value is -1.28. The molecule has 2 heterocycles. The number of thioether (sulfide) groups is 1. The zero-order chi connectivity index (χ0) is 17.5. The third-order valence-corrected chi connectivity index (χ3v) is 5.62. The Kier molecular flexibility index (Phi) is 7.36. The van der Waals surface area contributed by atoms with Crippen molar-refractivity contribution in [2.75, 3.05) is 31.3 Å². The molecule has 2 aliphatic heterocycles. The Morgan fingerprint density at radius 3 is 2.75 bits per heavy atom. The van der Waals surface area contributed by atoms with E-state index < -0.39 is 0 Å². The minimum absolute atomic E-state index is 0.0113. The van der Waals surface area contributed by atoms with Gasteiger partial charge in [0, 0.05) is 44.3 Å². The van der Waals surface area contributed by atoms with Crippen molar-refractivity contribution in [3.05, 3.63) is 0 Å². The molecule has 2 saturated heterocycles. The lowest BCUT2D eigenvalue weighted by molar-refractivity contribution is -0.145. The topological polar surface area (TPSA) is 95.7 Å². The quantitative estimate of drug-likeness (QED) is 0.706. The molecule has 2 fully saturated rings. The maximum Gasteiger partial charge on any atom is 0.246 e. The maximum atomic E-state index is 13.0. The first kappa shape index (κ1) is 19.1. The number of nitrogens with zero attached hydrogens (tertiary/aromatic N) is 2. The normalized spacial score (nSPS) is 24.1. The smallest absolute Gasteiger partial charge is 0.246 e. The number of piperidine rings is 1. The molecular weight excluding hydrogens is 328 g/mol. The molecule has 8 heteroatoms. The van der Waals surface area contributed by atoms with Crippen molar-refractivity contribution in [1.82, 2.24) is 15.1 Å². The number of likely N-dealkylation sites (tertiary alicyclic amines) is 1. The van der Waals surface area contributed by atoms with Crippen molar-refractivity contribution in [2.24, 2.45) is 5.73 Å². The van der Waals surface area contributed by atoms with Gasteiger partial charge in [0.05, 0.1) is 5.88 Å². The average molecular weight is 356 g/mol. The molecule has 3 amide bonds. The van der Waals surface area contributed by atoms with Gasteiger partial charge in [-0.05, 0) is 19.3 Å². The van der Waals surface area contributed by atoms with Crippen molar-refractivity contribution < 1.29 is 14.4 Å². The summed E-state index contributed by atoms with van der Waals surface area (Å²) >= 11 is 1.63. The lowest BCUT2D eigenvalue weighted by atomic mass is 10.0. The molecule has 24 heavy (non-hydrogen) atoms. The summed E-state index contributed by atoms with van der Waals surface area (Å²) in [5.41, 5.74) is 5.39. The van der Waals surface area contributed by atoms with Crippen LogP contribution >= 0.6 is 11.8 Å². The molecule has 0 aromatic rings. The van der Waals surface area contributed by atoms with Gasteiger partial charge >= 0.3 is 0 Å². The van der Waals surface area contributed by atoms with Crippen LogP contribution in [0.25, 0.3) is 0 Å². The molecule has 2 unspecified atom stereocenters. The van der Waals surface area contributed by atoms with Crippen molar-refractivity contribution in [3.8, 4) is 0 Å². The minimum Gasteiger partial charge on any atom is -0.354 e. The second-order valence-corrected chi connectivity index (χ2v) is 7.26. The number of rotatable bonds is 6. The van der Waals surface area contributed by atoms with Gasteiger partial charge in [0.2, 0.25) is 17.7 Å². The second kappa shape index (κ2) is 9.27. The van der Waals surface area contributed by atoms with E-state index in [-0.39, 0.29) is 29.8 Å². The van der Waals surface area contributed by atoms with E-state index in [0.717, 1.165) is 19.3 Å². The molecule has 0 bridgehead atoms. The van der Waals surface area contributed by atoms with Crippen molar-refractivity contribution in [2.45, 2.75) is 51.1 Å². The number of hydrogen-bond donors (Lipinski definition) is 2. The Balaban J connectivity index is 1.99. The first-order valence-corrected chi connectivity index (χ1v) is 9.88. The highest BCUT2D eigenvalue weighted by Crippen LogP contribution is 2.26. The second-order valence-electron chi connectivity index (χ2n) is 6.26. The predicted octanol–water partition coefficient (Wildman–Crippen LogP) is 0.144. The fourth-order valence-electron chi connectivity index (χ4n) is 3.24. The zero-order valence-corrected chi connectivity index (χ0v) is 15.1. The first-order chi connectivity index (χ1) is 11.6. The third kappa shape index (κ3) is 4.63. The Bertz CT molecular complexity index is 474. The Labute approximate surface area is 147 Å². The van der Waals surface area contributed by atoms with Gasteiger partial charge in [-0.15, -0.1) is 11.8 Å². The lowest BCUT2D eigenvalue weighted by Crippen LogP contribution is -2.56. The van der Waals surface area contributed by atoms with Crippen LogP contribution in [0.1, 0.15) is 39.0 Å². The molecule has 0 spiro atoms. The molecule has 2 aliphatic rings. The molecule has 0 aromatic carbocycles. The Morgan fingerprint density at radius 2 is 2.04 bits per heavy atom.